The van der Waals surface area contributed by atoms with Crippen LogP contribution in [-0.4, -0.2) is 0 Å². The van der Waals surface area contributed by atoms with Crippen LogP contribution in [0, 0.1) is 0 Å². The summed E-state index contributed by atoms with van der Waals surface area (Å²) >= 11 is 1.86. The van der Waals surface area contributed by atoms with Gasteiger partial charge in [-0.05, 0) is 93.0 Å². The van der Waals surface area contributed by atoms with Gasteiger partial charge >= 0.3 is 0 Å². The summed E-state index contributed by atoms with van der Waals surface area (Å²) in [7, 11) is 0. The minimum atomic E-state index is 0.875. The zero-order valence-corrected chi connectivity index (χ0v) is 29.5. The molecule has 3 heteroatoms. The molecular weight excluding hydrogens is 663 g/mol. The molecule has 0 aliphatic heterocycles. The molecule has 0 saturated heterocycles. The van der Waals surface area contributed by atoms with Gasteiger partial charge in [0.15, 0.2) is 0 Å². The molecule has 2 aromatic heterocycles. The predicted molar refractivity (Wildman–Crippen MR) is 227 cm³/mol. The Morgan fingerprint density at radius 2 is 1.00 bits per heavy atom. The second-order valence-electron chi connectivity index (χ2n) is 13.7. The van der Waals surface area contributed by atoms with E-state index in [2.05, 4.69) is 193 Å². The van der Waals surface area contributed by atoms with E-state index in [1.54, 1.807) is 0 Å². The molecule has 248 valence electrons. The summed E-state index contributed by atoms with van der Waals surface area (Å²) in [6, 6.07) is 68.0. The second kappa shape index (κ2) is 11.9. The third-order valence-electron chi connectivity index (χ3n) is 10.7. The molecule has 0 bridgehead atoms. The topological polar surface area (TPSA) is 16.4 Å². The van der Waals surface area contributed by atoms with Crippen LogP contribution in [0.15, 0.2) is 192 Å². The highest BCUT2D eigenvalue weighted by atomic mass is 32.1. The van der Waals surface area contributed by atoms with E-state index >= 15 is 0 Å². The standard InChI is InChI=1S/C50H31NOS/c1-3-12-39-33(9-1)11-7-15-40(39)35-21-27-38(28-22-35)51(45-16-8-17-46-49(45)44-30-23-34-10-2-4-13-41(34)50(44)52-46)37-25-19-32(20-26-37)36-24-29-43-42-14-5-6-18-47(42)53-48(43)31-36/h1-31H. The van der Waals surface area contributed by atoms with Crippen molar-refractivity contribution >= 4 is 92.1 Å². The quantitative estimate of drug-likeness (QED) is 0.178. The number of anilines is 3. The Morgan fingerprint density at radius 3 is 1.81 bits per heavy atom. The van der Waals surface area contributed by atoms with Gasteiger partial charge in [0.2, 0.25) is 0 Å². The van der Waals surface area contributed by atoms with Gasteiger partial charge in [0, 0.05) is 42.3 Å². The number of hydrogen-bond donors (Lipinski definition) is 0. The smallest absolute Gasteiger partial charge is 0.143 e. The van der Waals surface area contributed by atoms with Crippen LogP contribution in [0.5, 0.6) is 0 Å². The molecule has 0 aliphatic carbocycles. The molecule has 2 heterocycles. The molecular formula is C50H31NOS. The Morgan fingerprint density at radius 1 is 0.396 bits per heavy atom. The number of rotatable bonds is 5. The summed E-state index contributed by atoms with van der Waals surface area (Å²) in [5.74, 6) is 0. The summed E-state index contributed by atoms with van der Waals surface area (Å²) in [4.78, 5) is 2.37. The fraction of sp³-hybridized carbons (Fsp3) is 0. The van der Waals surface area contributed by atoms with Gasteiger partial charge in [-0.1, -0.05) is 133 Å². The average molecular weight is 694 g/mol. The van der Waals surface area contributed by atoms with Gasteiger partial charge in [0.25, 0.3) is 0 Å². The molecule has 0 fully saturated rings. The molecule has 2 nitrogen and oxygen atoms in total. The maximum absolute atomic E-state index is 6.65. The SMILES string of the molecule is c1ccc2c(-c3ccc(N(c4ccc(-c5ccc6c(c5)sc5ccccc56)cc4)c4cccc5oc6c7ccccc7ccc6c45)cc3)cccc2c1. The lowest BCUT2D eigenvalue weighted by Gasteiger charge is -2.26. The molecule has 0 spiro atoms. The first-order valence-electron chi connectivity index (χ1n) is 18.0. The first-order chi connectivity index (χ1) is 26.3. The number of furan rings is 1. The lowest BCUT2D eigenvalue weighted by molar-refractivity contribution is 0.672. The molecule has 0 saturated carbocycles. The molecule has 9 aromatic carbocycles. The van der Waals surface area contributed by atoms with E-state index in [4.69, 9.17) is 4.42 Å². The first kappa shape index (κ1) is 30.0. The number of nitrogens with zero attached hydrogens (tertiary/aromatic N) is 1. The molecule has 11 aromatic rings. The molecule has 11 rings (SSSR count). The predicted octanol–water partition coefficient (Wildman–Crippen LogP) is 15.1. The van der Waals surface area contributed by atoms with Crippen molar-refractivity contribution in [2.45, 2.75) is 0 Å². The fourth-order valence-electron chi connectivity index (χ4n) is 8.12. The lowest BCUT2D eigenvalue weighted by Crippen LogP contribution is -2.10. The van der Waals surface area contributed by atoms with Crippen molar-refractivity contribution in [2.75, 3.05) is 4.90 Å². The highest BCUT2D eigenvalue weighted by Crippen LogP contribution is 2.45. The van der Waals surface area contributed by atoms with Gasteiger partial charge in [0.1, 0.15) is 11.2 Å². The minimum absolute atomic E-state index is 0.875. The van der Waals surface area contributed by atoms with Crippen molar-refractivity contribution in [2.24, 2.45) is 0 Å². The fourth-order valence-corrected chi connectivity index (χ4v) is 9.27. The van der Waals surface area contributed by atoms with Crippen LogP contribution in [-0.2, 0) is 0 Å². The van der Waals surface area contributed by atoms with Crippen molar-refractivity contribution in [3.63, 3.8) is 0 Å². The van der Waals surface area contributed by atoms with E-state index in [9.17, 15) is 0 Å². The zero-order chi connectivity index (χ0) is 34.9. The van der Waals surface area contributed by atoms with E-state index in [0.717, 1.165) is 44.4 Å². The Labute approximate surface area is 310 Å². The number of thiophene rings is 1. The average Bonchev–Trinajstić information content (AvgIpc) is 3.80. The summed E-state index contributed by atoms with van der Waals surface area (Å²) in [6.45, 7) is 0. The van der Waals surface area contributed by atoms with E-state index in [-0.39, 0.29) is 0 Å². The summed E-state index contributed by atoms with van der Waals surface area (Å²) in [5, 5.41) is 9.65. The minimum Gasteiger partial charge on any atom is -0.455 e. The van der Waals surface area contributed by atoms with Gasteiger partial charge in [-0.2, -0.15) is 0 Å². The molecule has 53 heavy (non-hydrogen) atoms. The van der Waals surface area contributed by atoms with E-state index < -0.39 is 0 Å². The Hall–Kier alpha value is -6.68. The highest BCUT2D eigenvalue weighted by Gasteiger charge is 2.21. The summed E-state index contributed by atoms with van der Waals surface area (Å²) in [6.07, 6.45) is 0. The zero-order valence-electron chi connectivity index (χ0n) is 28.7. The van der Waals surface area contributed by atoms with Crippen LogP contribution in [0.2, 0.25) is 0 Å². The van der Waals surface area contributed by atoms with Crippen molar-refractivity contribution in [1.82, 2.24) is 0 Å². The molecule has 0 unspecified atom stereocenters. The van der Waals surface area contributed by atoms with E-state index in [1.165, 1.54) is 58.6 Å². The van der Waals surface area contributed by atoms with E-state index in [1.807, 2.05) is 11.3 Å². The maximum atomic E-state index is 6.65. The monoisotopic (exact) mass is 693 g/mol. The van der Waals surface area contributed by atoms with Gasteiger partial charge in [0.05, 0.1) is 11.1 Å². The lowest BCUT2D eigenvalue weighted by atomic mass is 9.98. The number of fused-ring (bicyclic) bond motifs is 9. The first-order valence-corrected chi connectivity index (χ1v) is 18.8. The summed E-state index contributed by atoms with van der Waals surface area (Å²) in [5.41, 5.74) is 9.87. The highest BCUT2D eigenvalue weighted by molar-refractivity contribution is 7.25. The van der Waals surface area contributed by atoms with Crippen molar-refractivity contribution in [1.29, 1.82) is 0 Å². The summed E-state index contributed by atoms with van der Waals surface area (Å²) < 4.78 is 9.29. The van der Waals surface area contributed by atoms with Gasteiger partial charge in [-0.15, -0.1) is 11.3 Å². The molecule has 0 amide bonds. The Kier molecular flexibility index (Phi) is 6.76. The van der Waals surface area contributed by atoms with Crippen LogP contribution in [0.1, 0.15) is 0 Å². The van der Waals surface area contributed by atoms with Crippen molar-refractivity contribution in [3.05, 3.63) is 188 Å². The van der Waals surface area contributed by atoms with Gasteiger partial charge in [-0.25, -0.2) is 0 Å². The number of benzene rings is 9. The van der Waals surface area contributed by atoms with Crippen LogP contribution >= 0.6 is 11.3 Å². The molecule has 0 radical (unpaired) electrons. The Balaban J connectivity index is 1.07. The third-order valence-corrected chi connectivity index (χ3v) is 11.8. The van der Waals surface area contributed by atoms with Crippen LogP contribution < -0.4 is 4.90 Å². The third kappa shape index (κ3) is 4.86. The molecule has 0 N–H and O–H groups in total. The van der Waals surface area contributed by atoms with Crippen LogP contribution in [0.4, 0.5) is 17.1 Å². The number of hydrogen-bond acceptors (Lipinski definition) is 3. The normalized spacial score (nSPS) is 11.8. The van der Waals surface area contributed by atoms with Crippen LogP contribution in [0.25, 0.3) is 85.9 Å². The largest absolute Gasteiger partial charge is 0.455 e. The van der Waals surface area contributed by atoms with Gasteiger partial charge in [-0.3, -0.25) is 0 Å². The van der Waals surface area contributed by atoms with Gasteiger partial charge < -0.3 is 9.32 Å². The molecule has 0 atom stereocenters. The maximum Gasteiger partial charge on any atom is 0.143 e. The van der Waals surface area contributed by atoms with Crippen molar-refractivity contribution < 1.29 is 4.42 Å². The van der Waals surface area contributed by atoms with Crippen molar-refractivity contribution in [3.8, 4) is 22.3 Å². The van der Waals surface area contributed by atoms with Crippen LogP contribution in [0.3, 0.4) is 0 Å². The van der Waals surface area contributed by atoms with E-state index in [0.29, 0.717) is 0 Å². The molecule has 0 aliphatic rings. The Bertz CT molecular complexity index is 3160. The second-order valence-corrected chi connectivity index (χ2v) is 14.8.